The minimum atomic E-state index is -1.15. The van der Waals surface area contributed by atoms with Crippen LogP contribution in [0, 0.1) is 10.9 Å². The molecule has 9 heteroatoms. The van der Waals surface area contributed by atoms with Crippen molar-refractivity contribution in [2.45, 2.75) is 19.9 Å². The van der Waals surface area contributed by atoms with Gasteiger partial charge in [0, 0.05) is 11.6 Å². The highest BCUT2D eigenvalue weighted by atomic mass is 35.5. The van der Waals surface area contributed by atoms with E-state index in [4.69, 9.17) is 11.6 Å². The number of allylic oxidation sites excluding steroid dienone is 1. The topological polar surface area (TPSA) is 65.8 Å². The molecule has 1 aliphatic rings. The third-order valence-corrected chi connectivity index (χ3v) is 5.13. The van der Waals surface area contributed by atoms with Crippen LogP contribution in [0.25, 0.3) is 0 Å². The Bertz CT molecular complexity index is 942. The number of carbonyl (C=O) groups is 1. The molecule has 26 heavy (non-hydrogen) atoms. The number of nitrogens with zero attached hydrogens (tertiary/aromatic N) is 3. The number of aliphatic carboxylic acids is 1. The van der Waals surface area contributed by atoms with E-state index in [0.29, 0.717) is 23.0 Å². The SMILES string of the molecule is CCN1C(c2ncc(F)s2)=NC(C)=C(C(=O)O)C1c1ccc(F)cc1Cl. The lowest BCUT2D eigenvalue weighted by Crippen LogP contribution is -2.40. The van der Waals surface area contributed by atoms with Gasteiger partial charge in [-0.2, -0.15) is 4.39 Å². The van der Waals surface area contributed by atoms with Gasteiger partial charge in [0.1, 0.15) is 5.82 Å². The number of aliphatic imine (C=N–C) groups is 1. The average Bonchev–Trinajstić information content (AvgIpc) is 3.00. The van der Waals surface area contributed by atoms with Crippen LogP contribution in [-0.2, 0) is 4.79 Å². The highest BCUT2D eigenvalue weighted by molar-refractivity contribution is 7.12. The van der Waals surface area contributed by atoms with Crippen molar-refractivity contribution in [2.24, 2.45) is 4.99 Å². The van der Waals surface area contributed by atoms with Crippen molar-refractivity contribution in [2.75, 3.05) is 6.54 Å². The van der Waals surface area contributed by atoms with Crippen LogP contribution in [-0.4, -0.2) is 33.3 Å². The van der Waals surface area contributed by atoms with E-state index in [1.807, 2.05) is 6.92 Å². The molecule has 0 amide bonds. The molecular weight excluding hydrogens is 384 g/mol. The van der Waals surface area contributed by atoms with E-state index in [9.17, 15) is 18.7 Å². The summed E-state index contributed by atoms with van der Waals surface area (Å²) in [6.07, 6.45) is 1.09. The summed E-state index contributed by atoms with van der Waals surface area (Å²) in [7, 11) is 0. The average molecular weight is 398 g/mol. The maximum atomic E-state index is 13.5. The van der Waals surface area contributed by atoms with E-state index in [-0.39, 0.29) is 16.3 Å². The molecule has 0 spiro atoms. The first-order valence-corrected chi connectivity index (χ1v) is 8.89. The Hall–Kier alpha value is -2.32. The van der Waals surface area contributed by atoms with Gasteiger partial charge >= 0.3 is 5.97 Å². The molecule has 1 aromatic carbocycles. The summed E-state index contributed by atoms with van der Waals surface area (Å²) in [5.41, 5.74) is 0.718. The monoisotopic (exact) mass is 397 g/mol. The summed E-state index contributed by atoms with van der Waals surface area (Å²) >= 11 is 7.02. The number of likely N-dealkylation sites (N-methyl/N-ethyl adjacent to an activating group) is 1. The second-order valence-corrected chi connectivity index (χ2v) is 6.95. The molecule has 1 aliphatic heterocycles. The lowest BCUT2D eigenvalue weighted by atomic mass is 9.93. The van der Waals surface area contributed by atoms with Crippen molar-refractivity contribution in [1.29, 1.82) is 0 Å². The van der Waals surface area contributed by atoms with Crippen LogP contribution in [0.2, 0.25) is 5.02 Å². The van der Waals surface area contributed by atoms with Crippen LogP contribution in [0.4, 0.5) is 8.78 Å². The molecule has 2 heterocycles. The first-order chi connectivity index (χ1) is 12.3. The van der Waals surface area contributed by atoms with Crippen LogP contribution in [0.5, 0.6) is 0 Å². The van der Waals surface area contributed by atoms with Gasteiger partial charge in [-0.15, -0.1) is 0 Å². The third-order valence-electron chi connectivity index (χ3n) is 4.02. The van der Waals surface area contributed by atoms with Crippen LogP contribution >= 0.6 is 22.9 Å². The van der Waals surface area contributed by atoms with Gasteiger partial charge in [-0.1, -0.05) is 29.0 Å². The summed E-state index contributed by atoms with van der Waals surface area (Å²) in [5.74, 6) is -1.32. The number of benzene rings is 1. The van der Waals surface area contributed by atoms with Gasteiger partial charge in [0.25, 0.3) is 0 Å². The minimum absolute atomic E-state index is 0.0288. The molecule has 3 rings (SSSR count). The predicted octanol–water partition coefficient (Wildman–Crippen LogP) is 4.26. The lowest BCUT2D eigenvalue weighted by Gasteiger charge is -2.37. The number of amidine groups is 1. The Labute approximate surface area is 157 Å². The van der Waals surface area contributed by atoms with Gasteiger partial charge in [-0.25, -0.2) is 19.2 Å². The second kappa shape index (κ2) is 7.13. The fraction of sp³-hybridized carbons (Fsp3) is 0.235. The molecule has 1 unspecified atom stereocenters. The van der Waals surface area contributed by atoms with Crippen LogP contribution < -0.4 is 0 Å². The number of carboxylic acids is 1. The van der Waals surface area contributed by atoms with Crippen molar-refractivity contribution >= 4 is 34.7 Å². The number of aromatic nitrogens is 1. The standard InChI is InChI=1S/C17H14ClF2N3O2S/c1-3-23-14(10-5-4-9(19)6-11(10)18)13(17(24)25)8(2)22-15(23)16-21-7-12(20)26-16/h4-7,14H,3H2,1-2H3,(H,24,25). The molecule has 0 aliphatic carbocycles. The molecule has 2 aromatic rings. The van der Waals surface area contributed by atoms with Crippen LogP contribution in [0.3, 0.4) is 0 Å². The van der Waals surface area contributed by atoms with Gasteiger partial charge < -0.3 is 10.0 Å². The van der Waals surface area contributed by atoms with E-state index in [2.05, 4.69) is 9.98 Å². The zero-order valence-corrected chi connectivity index (χ0v) is 15.4. The summed E-state index contributed by atoms with van der Waals surface area (Å²) < 4.78 is 26.9. The fourth-order valence-corrected chi connectivity index (χ4v) is 3.86. The summed E-state index contributed by atoms with van der Waals surface area (Å²) in [4.78, 5) is 21.9. The van der Waals surface area contributed by atoms with E-state index >= 15 is 0 Å². The molecule has 136 valence electrons. The summed E-state index contributed by atoms with van der Waals surface area (Å²) in [5, 5.41) is 9.68. The lowest BCUT2D eigenvalue weighted by molar-refractivity contribution is -0.133. The van der Waals surface area contributed by atoms with Crippen LogP contribution in [0.15, 0.2) is 40.7 Å². The van der Waals surface area contributed by atoms with Crippen LogP contribution in [0.1, 0.15) is 30.5 Å². The number of halogens is 3. The molecule has 5 nitrogen and oxygen atoms in total. The zero-order valence-electron chi connectivity index (χ0n) is 13.8. The predicted molar refractivity (Wildman–Crippen MR) is 95.5 cm³/mol. The highest BCUT2D eigenvalue weighted by Crippen LogP contribution is 2.39. The first-order valence-electron chi connectivity index (χ1n) is 7.69. The molecule has 0 fully saturated rings. The van der Waals surface area contributed by atoms with Crippen molar-refractivity contribution in [1.82, 2.24) is 9.88 Å². The van der Waals surface area contributed by atoms with Gasteiger partial charge in [0.05, 0.1) is 23.5 Å². The first kappa shape index (κ1) is 18.5. The molecule has 0 bridgehead atoms. The number of rotatable bonds is 4. The molecule has 0 saturated heterocycles. The Morgan fingerprint density at radius 3 is 2.69 bits per heavy atom. The number of carboxylic acid groups (broad SMARTS) is 1. The summed E-state index contributed by atoms with van der Waals surface area (Å²) in [6, 6.07) is 3.00. The molecule has 1 aromatic heterocycles. The van der Waals surface area contributed by atoms with E-state index < -0.39 is 23.0 Å². The van der Waals surface area contributed by atoms with Gasteiger partial charge in [0.2, 0.25) is 0 Å². The van der Waals surface area contributed by atoms with Gasteiger partial charge in [-0.05, 0) is 31.5 Å². The van der Waals surface area contributed by atoms with Gasteiger partial charge in [-0.3, -0.25) is 0 Å². The molecule has 1 N–H and O–H groups in total. The molecule has 1 atom stereocenters. The van der Waals surface area contributed by atoms with Crippen molar-refractivity contribution in [3.8, 4) is 0 Å². The second-order valence-electron chi connectivity index (χ2n) is 5.56. The number of thiazole rings is 1. The van der Waals surface area contributed by atoms with E-state index in [1.54, 1.807) is 11.8 Å². The highest BCUT2D eigenvalue weighted by Gasteiger charge is 2.37. The van der Waals surface area contributed by atoms with E-state index in [1.165, 1.54) is 12.1 Å². The largest absolute Gasteiger partial charge is 0.478 e. The zero-order chi connectivity index (χ0) is 19.0. The Balaban J connectivity index is 2.23. The quantitative estimate of drug-likeness (QED) is 0.837. The van der Waals surface area contributed by atoms with Crippen molar-refractivity contribution in [3.05, 3.63) is 62.2 Å². The fourth-order valence-electron chi connectivity index (χ4n) is 2.94. The summed E-state index contributed by atoms with van der Waals surface area (Å²) in [6.45, 7) is 3.73. The number of hydrogen-bond donors (Lipinski definition) is 1. The molecule has 0 saturated carbocycles. The Morgan fingerprint density at radius 2 is 2.15 bits per heavy atom. The van der Waals surface area contributed by atoms with Crippen molar-refractivity contribution in [3.63, 3.8) is 0 Å². The minimum Gasteiger partial charge on any atom is -0.478 e. The number of hydrogen-bond acceptors (Lipinski definition) is 5. The Morgan fingerprint density at radius 1 is 1.42 bits per heavy atom. The molecule has 0 radical (unpaired) electrons. The molecular formula is C17H14ClF2N3O2S. The van der Waals surface area contributed by atoms with Gasteiger partial charge in [0.15, 0.2) is 16.0 Å². The maximum Gasteiger partial charge on any atom is 0.335 e. The normalized spacial score (nSPS) is 17.5. The van der Waals surface area contributed by atoms with E-state index in [0.717, 1.165) is 23.6 Å². The third kappa shape index (κ3) is 3.22. The van der Waals surface area contributed by atoms with Crippen molar-refractivity contribution < 1.29 is 18.7 Å². The maximum absolute atomic E-state index is 13.5. The Kier molecular flexibility index (Phi) is 5.06. The smallest absolute Gasteiger partial charge is 0.335 e.